The lowest BCUT2D eigenvalue weighted by Gasteiger charge is -2.37. The normalized spacial score (nSPS) is 29.0. The Morgan fingerprint density at radius 1 is 1.02 bits per heavy atom. The van der Waals surface area contributed by atoms with Gasteiger partial charge >= 0.3 is 0 Å². The molecule has 9 atom stereocenters. The molecule has 0 saturated carbocycles. The Morgan fingerprint density at radius 3 is 2.36 bits per heavy atom. The predicted molar refractivity (Wildman–Crippen MR) is 210 cm³/mol. The van der Waals surface area contributed by atoms with E-state index in [0.29, 0.717) is 11.3 Å². The molecule has 56 heavy (non-hydrogen) atoms. The predicted octanol–water partition coefficient (Wildman–Crippen LogP) is 3.65. The van der Waals surface area contributed by atoms with E-state index in [1.54, 1.807) is 30.0 Å². The number of aliphatic hydroxyl groups is 5. The number of rotatable bonds is 14. The summed E-state index contributed by atoms with van der Waals surface area (Å²) in [5.74, 6) is -2.49. The summed E-state index contributed by atoms with van der Waals surface area (Å²) >= 11 is 0. The largest absolute Gasteiger partial charge is 0.395 e. The zero-order chi connectivity index (χ0) is 41.1. The molecule has 0 bridgehead atoms. The molecular weight excluding hydrogens is 742 g/mol. The molecule has 5 rings (SSSR count). The standard InChI is InChI=1S/C41H56FN3O10Si/c1-24(2)11-10-12-25(3)17-18-45-30-16-15-28(43-38(51)36-34(49)33(48)35(50)39(52)54-36)21-29(30)41(40(45)53)26(4)37(56(5,6)42)31(55-41)22-32(47)44(19-20-46)23-27-13-8-7-9-14-27/h7-9,11,13-17,21,26,31,33-37,39,46,48-50,52H,10,12,18-20,22-23H2,1-6H3,(H,43,51)/b25-17+/t26-,31+,33+,34+,35-,36+,37-,39-,41+/m1/s1. The number of allylic oxidation sites excluding steroid dienone is 3. The second-order valence-corrected chi connectivity index (χ2v) is 19.7. The van der Waals surface area contributed by atoms with Gasteiger partial charge < -0.3 is 54.2 Å². The van der Waals surface area contributed by atoms with E-state index < -0.39 is 74.1 Å². The highest BCUT2D eigenvalue weighted by Crippen LogP contribution is 2.60. The van der Waals surface area contributed by atoms with Crippen molar-refractivity contribution in [2.24, 2.45) is 5.92 Å². The fraction of sp³-hybridized carbons (Fsp3) is 0.537. The van der Waals surface area contributed by atoms with E-state index >= 15 is 4.11 Å². The van der Waals surface area contributed by atoms with Gasteiger partial charge in [-0.1, -0.05) is 60.6 Å². The van der Waals surface area contributed by atoms with Gasteiger partial charge in [-0.25, -0.2) is 0 Å². The number of hydrogen-bond acceptors (Lipinski definition) is 10. The highest BCUT2D eigenvalue weighted by molar-refractivity contribution is 6.72. The lowest BCUT2D eigenvalue weighted by molar-refractivity contribution is -0.274. The van der Waals surface area contributed by atoms with Crippen molar-refractivity contribution < 1.29 is 53.5 Å². The van der Waals surface area contributed by atoms with Crippen LogP contribution in [0, 0.1) is 5.92 Å². The Labute approximate surface area is 328 Å². The van der Waals surface area contributed by atoms with Gasteiger partial charge in [0, 0.05) is 42.3 Å². The van der Waals surface area contributed by atoms with Crippen LogP contribution in [0.15, 0.2) is 71.8 Å². The molecule has 2 saturated heterocycles. The zero-order valence-corrected chi connectivity index (χ0v) is 33.9. The zero-order valence-electron chi connectivity index (χ0n) is 32.9. The first-order valence-corrected chi connectivity index (χ1v) is 22.1. The van der Waals surface area contributed by atoms with Crippen molar-refractivity contribution in [2.75, 3.05) is 29.9 Å². The summed E-state index contributed by atoms with van der Waals surface area (Å²) in [5.41, 5.74) is 1.55. The third-order valence-corrected chi connectivity index (χ3v) is 13.6. The monoisotopic (exact) mass is 797 g/mol. The molecule has 3 aliphatic rings. The van der Waals surface area contributed by atoms with Crippen LogP contribution in [-0.2, 0) is 36.0 Å². The van der Waals surface area contributed by atoms with Crippen molar-refractivity contribution in [1.29, 1.82) is 0 Å². The highest BCUT2D eigenvalue weighted by atomic mass is 28.4. The van der Waals surface area contributed by atoms with Crippen LogP contribution < -0.4 is 10.2 Å². The molecule has 13 nitrogen and oxygen atoms in total. The number of aliphatic hydroxyl groups excluding tert-OH is 5. The van der Waals surface area contributed by atoms with E-state index in [4.69, 9.17) is 9.47 Å². The van der Waals surface area contributed by atoms with E-state index in [2.05, 4.69) is 11.4 Å². The number of nitrogens with one attached hydrogen (secondary N) is 1. The number of amides is 3. The fourth-order valence-corrected chi connectivity index (χ4v) is 10.7. The molecule has 0 aliphatic carbocycles. The van der Waals surface area contributed by atoms with Crippen LogP contribution in [0.25, 0.3) is 0 Å². The number of ether oxygens (including phenoxy) is 2. The maximum atomic E-state index is 16.6. The average Bonchev–Trinajstić information content (AvgIpc) is 3.56. The van der Waals surface area contributed by atoms with Crippen LogP contribution in [-0.4, -0.2) is 113 Å². The van der Waals surface area contributed by atoms with E-state index in [-0.39, 0.29) is 44.3 Å². The Balaban J connectivity index is 1.52. The Kier molecular flexibility index (Phi) is 13.7. The van der Waals surface area contributed by atoms with Crippen molar-refractivity contribution in [2.45, 2.75) is 115 Å². The summed E-state index contributed by atoms with van der Waals surface area (Å²) in [6.45, 7) is 11.0. The lowest BCUT2D eigenvalue weighted by atomic mass is 9.82. The van der Waals surface area contributed by atoms with Crippen LogP contribution in [0.4, 0.5) is 15.5 Å². The fourth-order valence-electron chi connectivity index (χ4n) is 8.25. The number of hydrogen-bond donors (Lipinski definition) is 6. The Morgan fingerprint density at radius 2 is 1.71 bits per heavy atom. The highest BCUT2D eigenvalue weighted by Gasteiger charge is 2.67. The first kappa shape index (κ1) is 43.3. The van der Waals surface area contributed by atoms with Gasteiger partial charge in [-0.3, -0.25) is 14.4 Å². The third kappa shape index (κ3) is 9.00. The maximum Gasteiger partial charge on any atom is 0.264 e. The van der Waals surface area contributed by atoms with Gasteiger partial charge in [0.05, 0.1) is 24.8 Å². The molecule has 3 heterocycles. The molecule has 3 amide bonds. The molecule has 0 radical (unpaired) electrons. The molecule has 0 unspecified atom stereocenters. The van der Waals surface area contributed by atoms with Crippen molar-refractivity contribution in [3.05, 3.63) is 83.0 Å². The smallest absolute Gasteiger partial charge is 0.264 e. The summed E-state index contributed by atoms with van der Waals surface area (Å²) < 4.78 is 28.5. The number of nitrogens with zero attached hydrogens (tertiary/aromatic N) is 2. The first-order valence-electron chi connectivity index (χ1n) is 19.1. The van der Waals surface area contributed by atoms with Crippen molar-refractivity contribution in [3.8, 4) is 0 Å². The number of benzene rings is 2. The molecule has 1 spiro atoms. The van der Waals surface area contributed by atoms with Gasteiger partial charge in [0.15, 0.2) is 18.0 Å². The summed E-state index contributed by atoms with van der Waals surface area (Å²) in [7, 11) is -3.68. The van der Waals surface area contributed by atoms with Crippen molar-refractivity contribution in [3.63, 3.8) is 0 Å². The summed E-state index contributed by atoms with van der Waals surface area (Å²) in [5, 5.41) is 53.0. The van der Waals surface area contributed by atoms with Gasteiger partial charge in [0.2, 0.25) is 14.3 Å². The van der Waals surface area contributed by atoms with Gasteiger partial charge in [-0.15, -0.1) is 0 Å². The van der Waals surface area contributed by atoms with Crippen LogP contribution in [0.5, 0.6) is 0 Å². The first-order chi connectivity index (χ1) is 26.4. The minimum atomic E-state index is -3.68. The molecule has 2 aromatic rings. The molecule has 2 aromatic carbocycles. The number of carbonyl (C=O) groups is 3. The summed E-state index contributed by atoms with van der Waals surface area (Å²) in [6.07, 6.45) is -4.76. The minimum absolute atomic E-state index is 0.0482. The molecule has 0 aromatic heterocycles. The van der Waals surface area contributed by atoms with Crippen LogP contribution in [0.2, 0.25) is 18.6 Å². The van der Waals surface area contributed by atoms with Crippen LogP contribution in [0.3, 0.4) is 0 Å². The quantitative estimate of drug-likeness (QED) is 0.0936. The van der Waals surface area contributed by atoms with Crippen LogP contribution in [0.1, 0.15) is 58.1 Å². The number of carbonyl (C=O) groups excluding carboxylic acids is 3. The second kappa shape index (κ2) is 17.8. The summed E-state index contributed by atoms with van der Waals surface area (Å²) in [4.78, 5) is 45.4. The SMILES string of the molecule is CC(C)=CCC/C(C)=C/CN1C(=O)[C@@]2(O[C@@H](CC(=O)N(CCO)Cc3ccccc3)[C@H]([Si](C)(C)F)[C@H]2C)c2cc(NC(=O)[C@H]3O[C@@H](O)[C@H](O)[C@@H](O)[C@@H]3O)ccc21. The van der Waals surface area contributed by atoms with Crippen LogP contribution >= 0.6 is 0 Å². The van der Waals surface area contributed by atoms with Gasteiger partial charge in [0.1, 0.15) is 18.3 Å². The van der Waals surface area contributed by atoms with Gasteiger partial charge in [0.25, 0.3) is 11.8 Å². The van der Waals surface area contributed by atoms with E-state index in [0.717, 1.165) is 24.0 Å². The lowest BCUT2D eigenvalue weighted by Crippen LogP contribution is -2.60. The van der Waals surface area contributed by atoms with Gasteiger partial charge in [-0.2, -0.15) is 0 Å². The van der Waals surface area contributed by atoms with E-state index in [1.165, 1.54) is 23.6 Å². The Bertz CT molecular complexity index is 1800. The second-order valence-electron chi connectivity index (χ2n) is 15.9. The minimum Gasteiger partial charge on any atom is -0.395 e. The van der Waals surface area contributed by atoms with E-state index in [1.807, 2.05) is 57.2 Å². The van der Waals surface area contributed by atoms with Gasteiger partial charge in [-0.05, 0) is 70.5 Å². The van der Waals surface area contributed by atoms with E-state index in [9.17, 15) is 39.9 Å². The van der Waals surface area contributed by atoms with Crippen molar-refractivity contribution in [1.82, 2.24) is 4.90 Å². The van der Waals surface area contributed by atoms with Crippen molar-refractivity contribution >= 4 is 37.5 Å². The Hall–Kier alpha value is -3.80. The molecule has 306 valence electrons. The third-order valence-electron chi connectivity index (χ3n) is 11.1. The topological polar surface area (TPSA) is 189 Å². The summed E-state index contributed by atoms with van der Waals surface area (Å²) in [6, 6.07) is 14.0. The molecular formula is C41H56FN3O10Si. The number of fused-ring (bicyclic) bond motifs is 2. The molecule has 3 aliphatic heterocycles. The average molecular weight is 798 g/mol. The maximum absolute atomic E-state index is 16.6. The molecule has 6 N–H and O–H groups in total. The number of halogens is 1. The molecule has 2 fully saturated rings. The number of anilines is 2. The molecule has 15 heteroatoms.